The van der Waals surface area contributed by atoms with Crippen molar-refractivity contribution >= 4 is 27.5 Å². The Bertz CT molecular complexity index is 420. The molecule has 0 spiro atoms. The molecule has 1 aromatic carbocycles. The van der Waals surface area contributed by atoms with Gasteiger partial charge in [0.1, 0.15) is 12.4 Å². The Morgan fingerprint density at radius 2 is 2.05 bits per heavy atom. The second kappa shape index (κ2) is 6.93. The molecule has 1 saturated heterocycles. The molecule has 106 valence electrons. The molecule has 19 heavy (non-hydrogen) atoms. The molecule has 2 atom stereocenters. The minimum atomic E-state index is 0.292. The van der Waals surface area contributed by atoms with Crippen LogP contribution in [0, 0.1) is 0 Å². The maximum atomic E-state index is 6.11. The minimum Gasteiger partial charge on any atom is -0.491 e. The second-order valence-electron chi connectivity index (χ2n) is 4.94. The molecule has 0 radical (unpaired) electrons. The van der Waals surface area contributed by atoms with Crippen molar-refractivity contribution in [2.75, 3.05) is 26.2 Å². The molecule has 1 heterocycles. The van der Waals surface area contributed by atoms with Crippen molar-refractivity contribution in [3.8, 4) is 5.75 Å². The van der Waals surface area contributed by atoms with Gasteiger partial charge in [-0.05, 0) is 32.0 Å². The summed E-state index contributed by atoms with van der Waals surface area (Å²) in [4.78, 5) is 2.37. The maximum Gasteiger partial charge on any atom is 0.138 e. The lowest BCUT2D eigenvalue weighted by molar-refractivity contribution is -0.0699. The predicted octanol–water partition coefficient (Wildman–Crippen LogP) is 3.59. The first-order valence-corrected chi connectivity index (χ1v) is 7.67. The van der Waals surface area contributed by atoms with E-state index < -0.39 is 0 Å². The highest BCUT2D eigenvalue weighted by Crippen LogP contribution is 2.27. The van der Waals surface area contributed by atoms with E-state index in [0.29, 0.717) is 23.8 Å². The lowest BCUT2D eigenvalue weighted by atomic mass is 10.2. The number of rotatable bonds is 4. The molecule has 0 unspecified atom stereocenters. The van der Waals surface area contributed by atoms with Gasteiger partial charge in [-0.2, -0.15) is 0 Å². The molecule has 1 aromatic rings. The van der Waals surface area contributed by atoms with Crippen LogP contribution in [-0.2, 0) is 4.74 Å². The van der Waals surface area contributed by atoms with Gasteiger partial charge in [0.25, 0.3) is 0 Å². The highest BCUT2D eigenvalue weighted by molar-refractivity contribution is 9.10. The average Bonchev–Trinajstić information content (AvgIpc) is 2.30. The van der Waals surface area contributed by atoms with E-state index in [1.807, 2.05) is 18.2 Å². The average molecular weight is 349 g/mol. The fraction of sp³-hybridized carbons (Fsp3) is 0.571. The summed E-state index contributed by atoms with van der Waals surface area (Å²) in [5.41, 5.74) is 0. The molecule has 0 saturated carbocycles. The highest BCUT2D eigenvalue weighted by Gasteiger charge is 2.21. The monoisotopic (exact) mass is 347 g/mol. The molecule has 0 aliphatic carbocycles. The summed E-state index contributed by atoms with van der Waals surface area (Å²) in [6.45, 7) is 7.67. The molecular weight excluding hydrogens is 330 g/mol. The zero-order valence-corrected chi connectivity index (χ0v) is 13.6. The van der Waals surface area contributed by atoms with E-state index in [1.54, 1.807) is 0 Å². The topological polar surface area (TPSA) is 21.7 Å². The maximum absolute atomic E-state index is 6.11. The third-order valence-corrected chi connectivity index (χ3v) is 3.84. The zero-order valence-electron chi connectivity index (χ0n) is 11.2. The van der Waals surface area contributed by atoms with Crippen molar-refractivity contribution < 1.29 is 9.47 Å². The first-order chi connectivity index (χ1) is 9.04. The van der Waals surface area contributed by atoms with Gasteiger partial charge in [-0.25, -0.2) is 0 Å². The first-order valence-electron chi connectivity index (χ1n) is 6.50. The fourth-order valence-corrected chi connectivity index (χ4v) is 3.07. The molecule has 0 aromatic heterocycles. The van der Waals surface area contributed by atoms with Gasteiger partial charge >= 0.3 is 0 Å². The first kappa shape index (κ1) is 15.1. The van der Waals surface area contributed by atoms with Crippen LogP contribution in [0.3, 0.4) is 0 Å². The van der Waals surface area contributed by atoms with E-state index >= 15 is 0 Å². The van der Waals surface area contributed by atoms with Gasteiger partial charge in [0.05, 0.1) is 17.2 Å². The van der Waals surface area contributed by atoms with Crippen LogP contribution in [0.2, 0.25) is 5.02 Å². The summed E-state index contributed by atoms with van der Waals surface area (Å²) in [6, 6.07) is 5.66. The number of benzene rings is 1. The largest absolute Gasteiger partial charge is 0.491 e. The Balaban J connectivity index is 1.80. The summed E-state index contributed by atoms with van der Waals surface area (Å²) in [7, 11) is 0. The van der Waals surface area contributed by atoms with Crippen molar-refractivity contribution in [2.45, 2.75) is 26.1 Å². The Kier molecular flexibility index (Phi) is 5.51. The number of hydrogen-bond acceptors (Lipinski definition) is 3. The quantitative estimate of drug-likeness (QED) is 0.830. The van der Waals surface area contributed by atoms with Gasteiger partial charge in [0, 0.05) is 24.1 Å². The molecule has 1 fully saturated rings. The van der Waals surface area contributed by atoms with Crippen LogP contribution in [0.15, 0.2) is 22.7 Å². The van der Waals surface area contributed by atoms with Crippen molar-refractivity contribution in [2.24, 2.45) is 0 Å². The SMILES string of the molecule is C[C@H]1CN(CCOc2ccc(Br)cc2Cl)C[C@H](C)O1. The van der Waals surface area contributed by atoms with Gasteiger partial charge in [0.15, 0.2) is 0 Å². The summed E-state index contributed by atoms with van der Waals surface area (Å²) in [5.74, 6) is 0.735. The third kappa shape index (κ3) is 4.63. The summed E-state index contributed by atoms with van der Waals surface area (Å²) in [6.07, 6.45) is 0.583. The number of halogens is 2. The smallest absolute Gasteiger partial charge is 0.138 e. The van der Waals surface area contributed by atoms with E-state index in [1.165, 1.54) is 0 Å². The van der Waals surface area contributed by atoms with Gasteiger partial charge in [-0.1, -0.05) is 27.5 Å². The van der Waals surface area contributed by atoms with Crippen molar-refractivity contribution in [1.29, 1.82) is 0 Å². The van der Waals surface area contributed by atoms with Crippen LogP contribution in [0.5, 0.6) is 5.75 Å². The summed E-state index contributed by atoms with van der Waals surface area (Å²) >= 11 is 9.49. The van der Waals surface area contributed by atoms with Crippen molar-refractivity contribution in [1.82, 2.24) is 4.90 Å². The summed E-state index contributed by atoms with van der Waals surface area (Å²) < 4.78 is 12.4. The molecule has 2 rings (SSSR count). The van der Waals surface area contributed by atoms with Crippen LogP contribution < -0.4 is 4.74 Å². The zero-order chi connectivity index (χ0) is 13.8. The van der Waals surface area contributed by atoms with Gasteiger partial charge < -0.3 is 9.47 Å². The molecular formula is C14H19BrClNO2. The van der Waals surface area contributed by atoms with Crippen LogP contribution in [-0.4, -0.2) is 43.3 Å². The Morgan fingerprint density at radius 3 is 2.68 bits per heavy atom. The van der Waals surface area contributed by atoms with Crippen molar-refractivity contribution in [3.05, 3.63) is 27.7 Å². The van der Waals surface area contributed by atoms with Crippen LogP contribution in [0.25, 0.3) is 0 Å². The molecule has 0 amide bonds. The number of nitrogens with zero attached hydrogens (tertiary/aromatic N) is 1. The van der Waals surface area contributed by atoms with Gasteiger partial charge in [-0.3, -0.25) is 4.90 Å². The molecule has 3 nitrogen and oxygen atoms in total. The summed E-state index contributed by atoms with van der Waals surface area (Å²) in [5, 5.41) is 0.637. The fourth-order valence-electron chi connectivity index (χ4n) is 2.34. The molecule has 1 aliphatic heterocycles. The van der Waals surface area contributed by atoms with Crippen LogP contribution in [0.4, 0.5) is 0 Å². The Hall–Kier alpha value is -0.290. The van der Waals surface area contributed by atoms with E-state index in [9.17, 15) is 0 Å². The third-order valence-electron chi connectivity index (χ3n) is 3.05. The van der Waals surface area contributed by atoms with Gasteiger partial charge in [0.2, 0.25) is 0 Å². The Labute approximate surface area is 128 Å². The van der Waals surface area contributed by atoms with Gasteiger partial charge in [-0.15, -0.1) is 0 Å². The molecule has 0 bridgehead atoms. The minimum absolute atomic E-state index is 0.292. The lowest BCUT2D eigenvalue weighted by Crippen LogP contribution is -2.46. The molecule has 1 aliphatic rings. The molecule has 0 N–H and O–H groups in total. The molecule has 5 heteroatoms. The second-order valence-corrected chi connectivity index (χ2v) is 6.26. The standard InChI is InChI=1S/C14H19BrClNO2/c1-10-8-17(9-11(2)19-10)5-6-18-14-4-3-12(15)7-13(14)16/h3-4,7,10-11H,5-6,8-9H2,1-2H3/t10-,11-/m0/s1. The van der Waals surface area contributed by atoms with Crippen molar-refractivity contribution in [3.63, 3.8) is 0 Å². The van der Waals surface area contributed by atoms with Crippen LogP contribution >= 0.6 is 27.5 Å². The van der Waals surface area contributed by atoms with E-state index in [4.69, 9.17) is 21.1 Å². The number of hydrogen-bond donors (Lipinski definition) is 0. The lowest BCUT2D eigenvalue weighted by Gasteiger charge is -2.35. The highest BCUT2D eigenvalue weighted by atomic mass is 79.9. The predicted molar refractivity (Wildman–Crippen MR) is 81.1 cm³/mol. The normalized spacial score (nSPS) is 24.4. The van der Waals surface area contributed by atoms with E-state index in [2.05, 4.69) is 34.7 Å². The van der Waals surface area contributed by atoms with E-state index in [0.717, 1.165) is 29.9 Å². The van der Waals surface area contributed by atoms with E-state index in [-0.39, 0.29) is 0 Å². The number of morpholine rings is 1. The van der Waals surface area contributed by atoms with Crippen LogP contribution in [0.1, 0.15) is 13.8 Å². The number of ether oxygens (including phenoxy) is 2. The Morgan fingerprint density at radius 1 is 1.37 bits per heavy atom.